The minimum absolute atomic E-state index is 0.287. The van der Waals surface area contributed by atoms with Crippen molar-refractivity contribution in [1.29, 1.82) is 0 Å². The summed E-state index contributed by atoms with van der Waals surface area (Å²) >= 11 is 0. The molecule has 1 aliphatic carbocycles. The van der Waals surface area contributed by atoms with E-state index < -0.39 is 25.0 Å². The van der Waals surface area contributed by atoms with Gasteiger partial charge in [0.25, 0.3) is 5.91 Å². The first-order valence-corrected chi connectivity index (χ1v) is 11.2. The van der Waals surface area contributed by atoms with Gasteiger partial charge in [-0.05, 0) is 56.4 Å². The number of ether oxygens (including phenoxy) is 1. The summed E-state index contributed by atoms with van der Waals surface area (Å²) in [6.45, 7) is 1.20. The van der Waals surface area contributed by atoms with Gasteiger partial charge in [-0.25, -0.2) is 0 Å². The molecule has 2 saturated heterocycles. The molecule has 0 bridgehead atoms. The molecule has 1 aromatic carbocycles. The monoisotopic (exact) mass is 427 g/mol. The van der Waals surface area contributed by atoms with E-state index in [0.29, 0.717) is 18.5 Å². The van der Waals surface area contributed by atoms with Crippen molar-refractivity contribution in [3.8, 4) is 0 Å². The second-order valence-electron chi connectivity index (χ2n) is 8.56. The predicted molar refractivity (Wildman–Crippen MR) is 114 cm³/mol. The van der Waals surface area contributed by atoms with Crippen molar-refractivity contribution >= 4 is 35.1 Å². The molecule has 0 unspecified atom stereocenters. The average Bonchev–Trinajstić information content (AvgIpc) is 3.04. The summed E-state index contributed by atoms with van der Waals surface area (Å²) < 4.78 is 5.00. The fourth-order valence-electron chi connectivity index (χ4n) is 4.81. The van der Waals surface area contributed by atoms with Crippen molar-refractivity contribution < 1.29 is 23.9 Å². The van der Waals surface area contributed by atoms with Crippen LogP contribution in [0.2, 0.25) is 0 Å². The molecule has 8 nitrogen and oxygen atoms in total. The maximum absolute atomic E-state index is 12.4. The number of fused-ring (bicyclic) bond motifs is 1. The third kappa shape index (κ3) is 4.89. The summed E-state index contributed by atoms with van der Waals surface area (Å²) in [4.78, 5) is 52.4. The largest absolute Gasteiger partial charge is 0.454 e. The minimum Gasteiger partial charge on any atom is -0.454 e. The molecule has 166 valence electrons. The molecular weight excluding hydrogens is 398 g/mol. The molecule has 0 aromatic heterocycles. The van der Waals surface area contributed by atoms with E-state index in [0.717, 1.165) is 36.5 Å². The molecule has 1 N–H and O–H groups in total. The van der Waals surface area contributed by atoms with Gasteiger partial charge in [-0.3, -0.25) is 24.1 Å². The number of hydrogen-bond donors (Lipinski definition) is 1. The maximum atomic E-state index is 12.4. The Morgan fingerprint density at radius 3 is 2.13 bits per heavy atom. The zero-order valence-electron chi connectivity index (χ0n) is 17.7. The van der Waals surface area contributed by atoms with Crippen LogP contribution in [0.15, 0.2) is 24.3 Å². The van der Waals surface area contributed by atoms with Crippen molar-refractivity contribution in [2.75, 3.05) is 36.5 Å². The smallest absolute Gasteiger partial charge is 0.326 e. The van der Waals surface area contributed by atoms with Crippen molar-refractivity contribution in [2.45, 2.75) is 44.9 Å². The van der Waals surface area contributed by atoms with Crippen LogP contribution < -0.4 is 10.2 Å². The number of anilines is 2. The zero-order chi connectivity index (χ0) is 21.8. The number of hydrogen-bond acceptors (Lipinski definition) is 6. The van der Waals surface area contributed by atoms with Gasteiger partial charge in [0.05, 0.1) is 11.8 Å². The summed E-state index contributed by atoms with van der Waals surface area (Å²) in [6.07, 6.45) is 6.90. The summed E-state index contributed by atoms with van der Waals surface area (Å²) in [5.74, 6) is -2.40. The number of piperidine rings is 1. The number of nitrogens with zero attached hydrogens (tertiary/aromatic N) is 2. The van der Waals surface area contributed by atoms with Crippen LogP contribution in [0.4, 0.5) is 11.4 Å². The minimum atomic E-state index is -0.754. The van der Waals surface area contributed by atoms with Crippen LogP contribution in [-0.2, 0) is 23.9 Å². The average molecular weight is 428 g/mol. The van der Waals surface area contributed by atoms with E-state index in [9.17, 15) is 19.2 Å². The maximum Gasteiger partial charge on any atom is 0.326 e. The zero-order valence-corrected chi connectivity index (χ0v) is 17.7. The van der Waals surface area contributed by atoms with Crippen molar-refractivity contribution in [1.82, 2.24) is 4.90 Å². The van der Waals surface area contributed by atoms with Gasteiger partial charge in [-0.1, -0.05) is 12.8 Å². The number of nitrogens with one attached hydrogen (secondary N) is 1. The van der Waals surface area contributed by atoms with Crippen molar-refractivity contribution in [2.24, 2.45) is 11.8 Å². The summed E-state index contributed by atoms with van der Waals surface area (Å²) in [5, 5.41) is 2.70. The first-order valence-electron chi connectivity index (χ1n) is 11.2. The molecular formula is C23H29N3O5. The predicted octanol–water partition coefficient (Wildman–Crippen LogP) is 2.33. The highest BCUT2D eigenvalue weighted by Gasteiger charge is 2.48. The number of likely N-dealkylation sites (tertiary alicyclic amines) is 1. The van der Waals surface area contributed by atoms with Crippen LogP contribution in [0, 0.1) is 11.8 Å². The molecule has 0 spiro atoms. The highest BCUT2D eigenvalue weighted by Crippen LogP contribution is 2.37. The lowest BCUT2D eigenvalue weighted by Crippen LogP contribution is -2.37. The van der Waals surface area contributed by atoms with Crippen molar-refractivity contribution in [3.63, 3.8) is 0 Å². The third-order valence-electron chi connectivity index (χ3n) is 6.46. The molecule has 3 aliphatic rings. The number of imide groups is 1. The number of carbonyl (C=O) groups is 4. The van der Waals surface area contributed by atoms with E-state index >= 15 is 0 Å². The molecule has 8 heteroatoms. The Morgan fingerprint density at radius 1 is 0.903 bits per heavy atom. The van der Waals surface area contributed by atoms with Crippen LogP contribution in [0.1, 0.15) is 44.9 Å². The molecule has 4 rings (SSSR count). The number of esters is 1. The fraction of sp³-hybridized carbons (Fsp3) is 0.565. The molecule has 1 aromatic rings. The van der Waals surface area contributed by atoms with E-state index in [2.05, 4.69) is 10.2 Å². The highest BCUT2D eigenvalue weighted by atomic mass is 16.5. The molecule has 1 saturated carbocycles. The normalized spacial score (nSPS) is 23.5. The first-order chi connectivity index (χ1) is 15.0. The molecule has 2 aliphatic heterocycles. The van der Waals surface area contributed by atoms with Gasteiger partial charge in [0.2, 0.25) is 11.8 Å². The molecule has 2 heterocycles. The van der Waals surface area contributed by atoms with Crippen molar-refractivity contribution in [3.05, 3.63) is 24.3 Å². The summed E-state index contributed by atoms with van der Waals surface area (Å²) in [6, 6.07) is 7.59. The van der Waals surface area contributed by atoms with Gasteiger partial charge in [0.1, 0.15) is 6.54 Å². The Morgan fingerprint density at radius 2 is 1.52 bits per heavy atom. The Bertz CT molecular complexity index is 823. The van der Waals surface area contributed by atoms with E-state index in [-0.39, 0.29) is 23.7 Å². The number of benzene rings is 1. The summed E-state index contributed by atoms with van der Waals surface area (Å²) in [7, 11) is 0. The van der Waals surface area contributed by atoms with E-state index in [1.54, 1.807) is 0 Å². The van der Waals surface area contributed by atoms with Gasteiger partial charge in [-0.15, -0.1) is 0 Å². The van der Waals surface area contributed by atoms with Crippen LogP contribution in [-0.4, -0.2) is 54.8 Å². The van der Waals surface area contributed by atoms with E-state index in [1.807, 2.05) is 24.3 Å². The second kappa shape index (κ2) is 9.49. The lowest BCUT2D eigenvalue weighted by atomic mass is 9.81. The van der Waals surface area contributed by atoms with Gasteiger partial charge < -0.3 is 15.0 Å². The quantitative estimate of drug-likeness (QED) is 0.553. The number of amides is 3. The van der Waals surface area contributed by atoms with E-state index in [4.69, 9.17) is 4.74 Å². The Labute approximate surface area is 181 Å². The van der Waals surface area contributed by atoms with Gasteiger partial charge in [0.15, 0.2) is 6.61 Å². The molecule has 31 heavy (non-hydrogen) atoms. The van der Waals surface area contributed by atoms with Gasteiger partial charge in [-0.2, -0.15) is 0 Å². The topological polar surface area (TPSA) is 96.0 Å². The molecule has 0 radical (unpaired) electrons. The Kier molecular flexibility index (Phi) is 6.53. The Hall–Kier alpha value is -2.90. The standard InChI is InChI=1S/C23H29N3O5/c27-20(24-16-8-10-17(11-9-16)25-12-4-1-5-13-25)15-31-21(28)14-26-22(29)18-6-2-3-7-19(18)23(26)30/h8-11,18-19H,1-7,12-15H2,(H,24,27)/t18-,19-/m0/s1. The number of rotatable bonds is 6. The van der Waals surface area contributed by atoms with Gasteiger partial charge >= 0.3 is 5.97 Å². The molecule has 3 fully saturated rings. The lowest BCUT2D eigenvalue weighted by Gasteiger charge is -2.28. The molecule has 2 atom stereocenters. The summed E-state index contributed by atoms with van der Waals surface area (Å²) in [5.41, 5.74) is 1.75. The van der Waals surface area contributed by atoms with Crippen LogP contribution in [0.5, 0.6) is 0 Å². The highest BCUT2D eigenvalue weighted by molar-refractivity contribution is 6.07. The molecule has 3 amide bonds. The SMILES string of the molecule is O=C(COC(=O)CN1C(=O)[C@H]2CCCC[C@@H]2C1=O)Nc1ccc(N2CCCCC2)cc1. The van der Waals surface area contributed by atoms with Gasteiger partial charge in [0, 0.05) is 24.5 Å². The Balaban J connectivity index is 1.23. The third-order valence-corrected chi connectivity index (χ3v) is 6.46. The van der Waals surface area contributed by atoms with Crippen LogP contribution in [0.25, 0.3) is 0 Å². The first kappa shape index (κ1) is 21.3. The lowest BCUT2D eigenvalue weighted by molar-refractivity contribution is -0.154. The van der Waals surface area contributed by atoms with Crippen LogP contribution >= 0.6 is 0 Å². The van der Waals surface area contributed by atoms with Crippen LogP contribution in [0.3, 0.4) is 0 Å². The number of carbonyl (C=O) groups excluding carboxylic acids is 4. The fourth-order valence-corrected chi connectivity index (χ4v) is 4.81. The van der Waals surface area contributed by atoms with E-state index in [1.165, 1.54) is 19.3 Å². The second-order valence-corrected chi connectivity index (χ2v) is 8.56.